The van der Waals surface area contributed by atoms with Crippen LogP contribution in [0.2, 0.25) is 0 Å². The van der Waals surface area contributed by atoms with E-state index in [-0.39, 0.29) is 36.7 Å². The second kappa shape index (κ2) is 7.11. The molecule has 2 atom stereocenters. The highest BCUT2D eigenvalue weighted by Gasteiger charge is 2.44. The van der Waals surface area contributed by atoms with Crippen molar-refractivity contribution in [3.8, 4) is 0 Å². The maximum atomic E-state index is 12.8. The lowest BCUT2D eigenvalue weighted by Crippen LogP contribution is -2.46. The standard InChI is InChI=1S/C16H23BrN2O4S/c1-16(15(21)18(2)3)9-11-19(10-8-14(16)20)24(22,23)13-6-4-12(17)5-7-13/h4-7,14,20H,8-11H2,1-3H3/t14-,16+/m1/s1. The first-order valence-corrected chi connectivity index (χ1v) is 9.98. The summed E-state index contributed by atoms with van der Waals surface area (Å²) in [6.45, 7) is 2.09. The number of carbonyl (C=O) groups is 1. The number of halogens is 1. The third-order valence-corrected chi connectivity index (χ3v) is 7.06. The van der Waals surface area contributed by atoms with Crippen molar-refractivity contribution in [2.24, 2.45) is 5.41 Å². The van der Waals surface area contributed by atoms with Crippen LogP contribution in [0.4, 0.5) is 0 Å². The lowest BCUT2D eigenvalue weighted by molar-refractivity contribution is -0.145. The summed E-state index contributed by atoms with van der Waals surface area (Å²) in [5.74, 6) is -0.183. The Bertz CT molecular complexity index is 705. The first kappa shape index (κ1) is 19.4. The van der Waals surface area contributed by atoms with Crippen molar-refractivity contribution in [2.75, 3.05) is 27.2 Å². The number of hydrogen-bond donors (Lipinski definition) is 1. The van der Waals surface area contributed by atoms with Gasteiger partial charge in [-0.1, -0.05) is 15.9 Å². The van der Waals surface area contributed by atoms with Crippen LogP contribution < -0.4 is 0 Å². The molecule has 1 N–H and O–H groups in total. The van der Waals surface area contributed by atoms with Crippen LogP contribution in [0.1, 0.15) is 19.8 Å². The van der Waals surface area contributed by atoms with E-state index in [0.29, 0.717) is 0 Å². The topological polar surface area (TPSA) is 77.9 Å². The molecule has 24 heavy (non-hydrogen) atoms. The molecule has 0 aromatic heterocycles. The number of aliphatic hydroxyl groups excluding tert-OH is 1. The Balaban J connectivity index is 2.26. The molecule has 0 spiro atoms. The van der Waals surface area contributed by atoms with Gasteiger partial charge in [0.1, 0.15) is 0 Å². The fraction of sp³-hybridized carbons (Fsp3) is 0.562. The highest BCUT2D eigenvalue weighted by atomic mass is 79.9. The van der Waals surface area contributed by atoms with Crippen molar-refractivity contribution in [1.82, 2.24) is 9.21 Å². The molecule has 0 bridgehead atoms. The van der Waals surface area contributed by atoms with Gasteiger partial charge in [0, 0.05) is 31.7 Å². The molecule has 1 fully saturated rings. The molecule has 1 aromatic carbocycles. The van der Waals surface area contributed by atoms with Crippen molar-refractivity contribution in [3.05, 3.63) is 28.7 Å². The van der Waals surface area contributed by atoms with Crippen molar-refractivity contribution >= 4 is 31.9 Å². The number of amides is 1. The minimum atomic E-state index is -3.65. The zero-order valence-corrected chi connectivity index (χ0v) is 16.5. The van der Waals surface area contributed by atoms with Gasteiger partial charge in [0.15, 0.2) is 0 Å². The molecule has 0 saturated carbocycles. The van der Waals surface area contributed by atoms with Gasteiger partial charge in [-0.3, -0.25) is 4.79 Å². The first-order valence-electron chi connectivity index (χ1n) is 7.74. The SMILES string of the molecule is CN(C)C(=O)[C@@]1(C)CCN(S(=O)(=O)c2ccc(Br)cc2)CC[C@H]1O. The Morgan fingerprint density at radius 1 is 1.29 bits per heavy atom. The quantitative estimate of drug-likeness (QED) is 0.809. The second-order valence-electron chi connectivity index (χ2n) is 6.53. The smallest absolute Gasteiger partial charge is 0.243 e. The average Bonchev–Trinajstić information content (AvgIpc) is 2.68. The predicted octanol–water partition coefficient (Wildman–Crippen LogP) is 1.69. The second-order valence-corrected chi connectivity index (χ2v) is 9.38. The van der Waals surface area contributed by atoms with Crippen LogP contribution in [-0.2, 0) is 14.8 Å². The summed E-state index contributed by atoms with van der Waals surface area (Å²) >= 11 is 3.29. The Labute approximate surface area is 151 Å². The van der Waals surface area contributed by atoms with Gasteiger partial charge in [-0.05, 0) is 44.0 Å². The monoisotopic (exact) mass is 418 g/mol. The summed E-state index contributed by atoms with van der Waals surface area (Å²) in [5, 5.41) is 10.4. The minimum absolute atomic E-state index is 0.183. The highest BCUT2D eigenvalue weighted by molar-refractivity contribution is 9.10. The van der Waals surface area contributed by atoms with Gasteiger partial charge in [0.25, 0.3) is 0 Å². The Morgan fingerprint density at radius 3 is 2.42 bits per heavy atom. The van der Waals surface area contributed by atoms with Crippen LogP contribution >= 0.6 is 15.9 Å². The number of aliphatic hydroxyl groups is 1. The fourth-order valence-corrected chi connectivity index (χ4v) is 4.70. The Kier molecular flexibility index (Phi) is 5.74. The van der Waals surface area contributed by atoms with Gasteiger partial charge in [0.05, 0.1) is 16.4 Å². The number of rotatable bonds is 3. The van der Waals surface area contributed by atoms with Gasteiger partial charge in [0.2, 0.25) is 15.9 Å². The molecule has 2 rings (SSSR count). The van der Waals surface area contributed by atoms with Crippen LogP contribution in [-0.4, -0.2) is 61.9 Å². The molecule has 0 radical (unpaired) electrons. The molecule has 6 nitrogen and oxygen atoms in total. The van der Waals surface area contributed by atoms with E-state index in [0.717, 1.165) is 4.47 Å². The minimum Gasteiger partial charge on any atom is -0.392 e. The number of carbonyl (C=O) groups excluding carboxylic acids is 1. The number of sulfonamides is 1. The summed E-state index contributed by atoms with van der Waals surface area (Å²) in [7, 11) is -0.364. The zero-order chi connectivity index (χ0) is 18.1. The summed E-state index contributed by atoms with van der Waals surface area (Å²) in [6, 6.07) is 6.45. The van der Waals surface area contributed by atoms with E-state index in [1.54, 1.807) is 45.3 Å². The molecule has 1 aliphatic rings. The van der Waals surface area contributed by atoms with E-state index >= 15 is 0 Å². The summed E-state index contributed by atoms with van der Waals surface area (Å²) in [5.41, 5.74) is -0.979. The van der Waals surface area contributed by atoms with Crippen LogP contribution in [0.15, 0.2) is 33.6 Å². The highest BCUT2D eigenvalue weighted by Crippen LogP contribution is 2.34. The van der Waals surface area contributed by atoms with Crippen LogP contribution in [0.5, 0.6) is 0 Å². The number of benzene rings is 1. The van der Waals surface area contributed by atoms with Crippen LogP contribution in [0.3, 0.4) is 0 Å². The van der Waals surface area contributed by atoms with Gasteiger partial charge in [-0.25, -0.2) is 8.42 Å². The molecule has 1 amide bonds. The molecule has 1 heterocycles. The van der Waals surface area contributed by atoms with E-state index in [1.165, 1.54) is 9.21 Å². The Morgan fingerprint density at radius 2 is 1.88 bits per heavy atom. The molecule has 8 heteroatoms. The van der Waals surface area contributed by atoms with Crippen molar-refractivity contribution in [1.29, 1.82) is 0 Å². The number of hydrogen-bond acceptors (Lipinski definition) is 4. The molecule has 1 aliphatic heterocycles. The lowest BCUT2D eigenvalue weighted by atomic mass is 9.79. The molecule has 134 valence electrons. The summed E-state index contributed by atoms with van der Waals surface area (Å²) in [6.07, 6.45) is -0.371. The van der Waals surface area contributed by atoms with E-state index in [1.807, 2.05) is 0 Å². The molecule has 0 aliphatic carbocycles. The van der Waals surface area contributed by atoms with E-state index in [9.17, 15) is 18.3 Å². The molecule has 1 aromatic rings. The van der Waals surface area contributed by atoms with Gasteiger partial charge < -0.3 is 10.0 Å². The van der Waals surface area contributed by atoms with E-state index in [4.69, 9.17) is 0 Å². The normalized spacial score (nSPS) is 26.0. The van der Waals surface area contributed by atoms with Gasteiger partial charge in [-0.15, -0.1) is 0 Å². The average molecular weight is 419 g/mol. The molecule has 1 saturated heterocycles. The van der Waals surface area contributed by atoms with Gasteiger partial charge in [-0.2, -0.15) is 4.31 Å². The molecular weight excluding hydrogens is 396 g/mol. The molecule has 0 unspecified atom stereocenters. The maximum absolute atomic E-state index is 12.8. The fourth-order valence-electron chi connectivity index (χ4n) is 2.98. The molecular formula is C16H23BrN2O4S. The predicted molar refractivity (Wildman–Crippen MR) is 94.9 cm³/mol. The Hall–Kier alpha value is -0.960. The number of nitrogens with zero attached hydrogens (tertiary/aromatic N) is 2. The van der Waals surface area contributed by atoms with Crippen LogP contribution in [0, 0.1) is 5.41 Å². The summed E-state index contributed by atoms with van der Waals surface area (Å²) < 4.78 is 27.8. The lowest BCUT2D eigenvalue weighted by Gasteiger charge is -2.33. The first-order chi connectivity index (χ1) is 11.1. The van der Waals surface area contributed by atoms with E-state index < -0.39 is 21.5 Å². The zero-order valence-electron chi connectivity index (χ0n) is 14.1. The van der Waals surface area contributed by atoms with Crippen molar-refractivity contribution < 1.29 is 18.3 Å². The van der Waals surface area contributed by atoms with Crippen molar-refractivity contribution in [2.45, 2.75) is 30.8 Å². The third kappa shape index (κ3) is 3.66. The summed E-state index contributed by atoms with van der Waals surface area (Å²) in [4.78, 5) is 14.1. The van der Waals surface area contributed by atoms with Crippen molar-refractivity contribution in [3.63, 3.8) is 0 Å². The third-order valence-electron chi connectivity index (χ3n) is 4.61. The van der Waals surface area contributed by atoms with Gasteiger partial charge >= 0.3 is 0 Å². The maximum Gasteiger partial charge on any atom is 0.243 e. The van der Waals surface area contributed by atoms with Crippen LogP contribution in [0.25, 0.3) is 0 Å². The van der Waals surface area contributed by atoms with E-state index in [2.05, 4.69) is 15.9 Å². The largest absolute Gasteiger partial charge is 0.392 e.